The predicted molar refractivity (Wildman–Crippen MR) is 60.5 cm³/mol. The lowest BCUT2D eigenvalue weighted by atomic mass is 10.3. The van der Waals surface area contributed by atoms with Gasteiger partial charge in [0.2, 0.25) is 0 Å². The number of nitrogens with zero attached hydrogens (tertiary/aromatic N) is 1. The number of non-ortho nitro benzene ring substituents is 1. The molecule has 0 N–H and O–H groups in total. The van der Waals surface area contributed by atoms with Crippen molar-refractivity contribution in [2.45, 2.75) is 11.8 Å². The van der Waals surface area contributed by atoms with Crippen LogP contribution in [0, 0.1) is 10.1 Å². The van der Waals surface area contributed by atoms with Gasteiger partial charge >= 0.3 is 5.97 Å². The van der Waals surface area contributed by atoms with E-state index in [9.17, 15) is 14.9 Å². The summed E-state index contributed by atoms with van der Waals surface area (Å²) in [6.07, 6.45) is 0. The maximum Gasteiger partial charge on any atom is 0.316 e. The third-order valence-electron chi connectivity index (χ3n) is 1.71. The molecule has 0 bridgehead atoms. The molecule has 0 aromatic heterocycles. The van der Waals surface area contributed by atoms with E-state index in [0.717, 1.165) is 4.90 Å². The maximum absolute atomic E-state index is 11.0. The van der Waals surface area contributed by atoms with E-state index in [-0.39, 0.29) is 17.4 Å². The number of hydrogen-bond donors (Lipinski definition) is 0. The SMILES string of the molecule is CCOC(=O)CSc1ccc([N+](=O)[O-])cc1. The van der Waals surface area contributed by atoms with Gasteiger partial charge in [-0.2, -0.15) is 0 Å². The second-order valence-electron chi connectivity index (χ2n) is 2.84. The molecule has 5 nitrogen and oxygen atoms in total. The summed E-state index contributed by atoms with van der Waals surface area (Å²) in [5.74, 6) is -0.0723. The Kier molecular flexibility index (Phi) is 4.78. The van der Waals surface area contributed by atoms with Crippen LogP contribution in [0.5, 0.6) is 0 Å². The Labute approximate surface area is 96.9 Å². The molecule has 0 aliphatic heterocycles. The smallest absolute Gasteiger partial charge is 0.316 e. The number of nitro groups is 1. The van der Waals surface area contributed by atoms with E-state index in [1.165, 1.54) is 23.9 Å². The van der Waals surface area contributed by atoms with Gasteiger partial charge in [-0.15, -0.1) is 11.8 Å². The monoisotopic (exact) mass is 241 g/mol. The number of nitro benzene ring substituents is 1. The molecule has 1 aromatic carbocycles. The molecule has 1 rings (SSSR count). The largest absolute Gasteiger partial charge is 0.465 e. The van der Waals surface area contributed by atoms with Crippen LogP contribution in [0.2, 0.25) is 0 Å². The van der Waals surface area contributed by atoms with Gasteiger partial charge < -0.3 is 4.74 Å². The molecular weight excluding hydrogens is 230 g/mol. The van der Waals surface area contributed by atoms with E-state index in [1.807, 2.05) is 0 Å². The van der Waals surface area contributed by atoms with Gasteiger partial charge in [0.05, 0.1) is 17.3 Å². The lowest BCUT2D eigenvalue weighted by Crippen LogP contribution is -2.06. The molecule has 0 radical (unpaired) electrons. The molecule has 0 spiro atoms. The molecule has 86 valence electrons. The van der Waals surface area contributed by atoms with E-state index >= 15 is 0 Å². The average molecular weight is 241 g/mol. The van der Waals surface area contributed by atoms with E-state index in [1.54, 1.807) is 19.1 Å². The van der Waals surface area contributed by atoms with Crippen molar-refractivity contribution in [3.8, 4) is 0 Å². The summed E-state index contributed by atoms with van der Waals surface area (Å²) >= 11 is 1.29. The number of hydrogen-bond acceptors (Lipinski definition) is 5. The van der Waals surface area contributed by atoms with E-state index in [0.29, 0.717) is 6.61 Å². The minimum Gasteiger partial charge on any atom is -0.465 e. The predicted octanol–water partition coefficient (Wildman–Crippen LogP) is 2.25. The fourth-order valence-corrected chi connectivity index (χ4v) is 1.71. The summed E-state index contributed by atoms with van der Waals surface area (Å²) in [6.45, 7) is 2.11. The first-order valence-electron chi connectivity index (χ1n) is 4.66. The Morgan fingerprint density at radius 2 is 2.06 bits per heavy atom. The molecule has 0 amide bonds. The van der Waals surface area contributed by atoms with Gasteiger partial charge in [-0.3, -0.25) is 14.9 Å². The van der Waals surface area contributed by atoms with Crippen molar-refractivity contribution in [3.05, 3.63) is 34.4 Å². The van der Waals surface area contributed by atoms with Crippen LogP contribution < -0.4 is 0 Å². The highest BCUT2D eigenvalue weighted by Crippen LogP contribution is 2.21. The van der Waals surface area contributed by atoms with Crippen LogP contribution in [0.1, 0.15) is 6.92 Å². The van der Waals surface area contributed by atoms with Crippen molar-refractivity contribution < 1.29 is 14.5 Å². The minimum atomic E-state index is -0.459. The molecule has 6 heteroatoms. The van der Waals surface area contributed by atoms with Crippen LogP contribution >= 0.6 is 11.8 Å². The first kappa shape index (κ1) is 12.5. The molecule has 0 saturated heterocycles. The second-order valence-corrected chi connectivity index (χ2v) is 3.89. The van der Waals surface area contributed by atoms with Crippen molar-refractivity contribution in [1.82, 2.24) is 0 Å². The number of ether oxygens (including phenoxy) is 1. The number of esters is 1. The topological polar surface area (TPSA) is 69.4 Å². The number of carbonyl (C=O) groups excluding carboxylic acids is 1. The molecule has 1 aromatic rings. The van der Waals surface area contributed by atoms with Crippen LogP contribution in [0.4, 0.5) is 5.69 Å². The van der Waals surface area contributed by atoms with Crippen LogP contribution in [0.15, 0.2) is 29.2 Å². The summed E-state index contributed by atoms with van der Waals surface area (Å²) in [7, 11) is 0. The number of rotatable bonds is 5. The summed E-state index contributed by atoms with van der Waals surface area (Å²) in [5, 5.41) is 10.4. The summed E-state index contributed by atoms with van der Waals surface area (Å²) in [5.41, 5.74) is 0.0421. The van der Waals surface area contributed by atoms with Crippen molar-refractivity contribution in [3.63, 3.8) is 0 Å². The Hall–Kier alpha value is -1.56. The second kappa shape index (κ2) is 6.12. The van der Waals surface area contributed by atoms with Crippen molar-refractivity contribution in [2.75, 3.05) is 12.4 Å². The zero-order valence-electron chi connectivity index (χ0n) is 8.71. The molecule has 0 atom stereocenters. The molecular formula is C10H11NO4S. The zero-order valence-corrected chi connectivity index (χ0v) is 9.53. The quantitative estimate of drug-likeness (QED) is 0.342. The van der Waals surface area contributed by atoms with E-state index in [2.05, 4.69) is 0 Å². The highest BCUT2D eigenvalue weighted by atomic mass is 32.2. The summed E-state index contributed by atoms with van der Waals surface area (Å²) in [6, 6.07) is 6.05. The fraction of sp³-hybridized carbons (Fsp3) is 0.300. The molecule has 0 heterocycles. The molecule has 0 fully saturated rings. The van der Waals surface area contributed by atoms with E-state index in [4.69, 9.17) is 4.74 Å². The fourth-order valence-electron chi connectivity index (χ4n) is 1.01. The average Bonchev–Trinajstić information content (AvgIpc) is 2.27. The Morgan fingerprint density at radius 1 is 1.44 bits per heavy atom. The molecule has 0 aliphatic rings. The van der Waals surface area contributed by atoms with E-state index < -0.39 is 4.92 Å². The highest BCUT2D eigenvalue weighted by Gasteiger charge is 2.06. The van der Waals surface area contributed by atoms with Gasteiger partial charge in [0.25, 0.3) is 5.69 Å². The van der Waals surface area contributed by atoms with Gasteiger partial charge in [0.15, 0.2) is 0 Å². The Balaban J connectivity index is 2.49. The van der Waals surface area contributed by atoms with Gasteiger partial charge in [-0.1, -0.05) is 0 Å². The highest BCUT2D eigenvalue weighted by molar-refractivity contribution is 8.00. The zero-order chi connectivity index (χ0) is 12.0. The third kappa shape index (κ3) is 3.90. The third-order valence-corrected chi connectivity index (χ3v) is 2.70. The number of thioether (sulfide) groups is 1. The lowest BCUT2D eigenvalue weighted by Gasteiger charge is -2.01. The molecule has 0 unspecified atom stereocenters. The van der Waals surface area contributed by atoms with Gasteiger partial charge in [-0.25, -0.2) is 0 Å². The van der Waals surface area contributed by atoms with Gasteiger partial charge in [0, 0.05) is 17.0 Å². The van der Waals surface area contributed by atoms with Gasteiger partial charge in [0.1, 0.15) is 0 Å². The van der Waals surface area contributed by atoms with Crippen LogP contribution in [-0.2, 0) is 9.53 Å². The lowest BCUT2D eigenvalue weighted by molar-refractivity contribution is -0.384. The Bertz CT molecular complexity index is 377. The summed E-state index contributed by atoms with van der Waals surface area (Å²) in [4.78, 5) is 21.8. The Morgan fingerprint density at radius 3 is 2.56 bits per heavy atom. The molecule has 16 heavy (non-hydrogen) atoms. The minimum absolute atomic E-state index is 0.0421. The maximum atomic E-state index is 11.0. The molecule has 0 saturated carbocycles. The van der Waals surface area contributed by atoms with Crippen molar-refractivity contribution in [2.24, 2.45) is 0 Å². The van der Waals surface area contributed by atoms with Crippen molar-refractivity contribution in [1.29, 1.82) is 0 Å². The standard InChI is InChI=1S/C10H11NO4S/c1-2-15-10(12)7-16-9-5-3-8(4-6-9)11(13)14/h3-6H,2,7H2,1H3. The van der Waals surface area contributed by atoms with Crippen LogP contribution in [0.3, 0.4) is 0 Å². The number of benzene rings is 1. The van der Waals surface area contributed by atoms with Crippen molar-refractivity contribution >= 4 is 23.4 Å². The summed E-state index contributed by atoms with van der Waals surface area (Å²) < 4.78 is 4.76. The van der Waals surface area contributed by atoms with Crippen LogP contribution in [-0.4, -0.2) is 23.3 Å². The normalized spacial score (nSPS) is 9.81. The van der Waals surface area contributed by atoms with Gasteiger partial charge in [-0.05, 0) is 19.1 Å². The number of carbonyl (C=O) groups is 1. The van der Waals surface area contributed by atoms with Crippen LogP contribution in [0.25, 0.3) is 0 Å². The first-order valence-corrected chi connectivity index (χ1v) is 5.65. The molecule has 0 aliphatic carbocycles. The first-order chi connectivity index (χ1) is 7.63.